The van der Waals surface area contributed by atoms with Gasteiger partial charge in [0.15, 0.2) is 0 Å². The Bertz CT molecular complexity index is 188. The van der Waals surface area contributed by atoms with Gasteiger partial charge in [-0.15, -0.1) is 0 Å². The lowest BCUT2D eigenvalue weighted by atomic mass is 10.6. The van der Waals surface area contributed by atoms with Crippen LogP contribution in [-0.2, 0) is 10.1 Å². The number of hydrogen-bond acceptors (Lipinski definition) is 5. The first-order valence-corrected chi connectivity index (χ1v) is 8.30. The fourth-order valence-electron chi connectivity index (χ4n) is 0.411. The zero-order valence-corrected chi connectivity index (χ0v) is 9.45. The van der Waals surface area contributed by atoms with Crippen LogP contribution in [0.2, 0.25) is 0 Å². The Kier molecular flexibility index (Phi) is 6.07. The molecule has 0 bridgehead atoms. The summed E-state index contributed by atoms with van der Waals surface area (Å²) >= 11 is 0. The molecule has 11 heavy (non-hydrogen) atoms. The zero-order valence-electron chi connectivity index (χ0n) is 6.18. The van der Waals surface area contributed by atoms with E-state index in [9.17, 15) is 8.42 Å². The molecule has 0 rings (SSSR count). The minimum Gasteiger partial charge on any atom is -0.285 e. The average Bonchev–Trinajstić information content (AvgIpc) is 1.87. The molecule has 0 amide bonds. The highest BCUT2D eigenvalue weighted by Crippen LogP contribution is 2.38. The van der Waals surface area contributed by atoms with E-state index in [1.165, 1.54) is 31.4 Å². The molecule has 0 saturated carbocycles. The van der Waals surface area contributed by atoms with Gasteiger partial charge in [0, 0.05) is 0 Å². The van der Waals surface area contributed by atoms with Gasteiger partial charge in [-0.1, -0.05) is 28.5 Å². The third-order valence-electron chi connectivity index (χ3n) is 0.880. The van der Waals surface area contributed by atoms with Crippen molar-refractivity contribution < 1.29 is 13.0 Å². The van der Waals surface area contributed by atoms with Gasteiger partial charge < -0.3 is 0 Å². The Hall–Kier alpha value is 0.960. The third kappa shape index (κ3) is 5.24. The lowest BCUT2D eigenvalue weighted by Gasteiger charge is -2.07. The van der Waals surface area contributed by atoms with Gasteiger partial charge >= 0.3 is 0 Å². The Balaban J connectivity index is 3.97. The van der Waals surface area contributed by atoms with E-state index in [2.05, 4.69) is 0 Å². The van der Waals surface area contributed by atoms with Crippen LogP contribution >= 0.6 is 31.4 Å². The van der Waals surface area contributed by atoms with Crippen molar-refractivity contribution in [2.24, 2.45) is 0 Å². The molecule has 1 unspecified atom stereocenters. The number of hydrogen-bond donors (Lipinski definition) is 1. The van der Waals surface area contributed by atoms with E-state index >= 15 is 0 Å². The predicted octanol–water partition coefficient (Wildman–Crippen LogP) is 2.27. The van der Waals surface area contributed by atoms with Gasteiger partial charge in [0.25, 0.3) is 10.1 Å². The van der Waals surface area contributed by atoms with Gasteiger partial charge in [-0.2, -0.15) is 8.42 Å². The van der Waals surface area contributed by atoms with Crippen LogP contribution < -0.4 is 0 Å². The molecular formula is C4H10O3S4. The van der Waals surface area contributed by atoms with Crippen molar-refractivity contribution in [2.75, 3.05) is 6.26 Å². The summed E-state index contributed by atoms with van der Waals surface area (Å²) in [4.78, 5) is 0. The highest BCUT2D eigenvalue weighted by Gasteiger charge is 2.21. The molecule has 68 valence electrons. The third-order valence-corrected chi connectivity index (χ3v) is 7.30. The summed E-state index contributed by atoms with van der Waals surface area (Å²) in [6.45, 7) is 1.73. The second-order valence-corrected chi connectivity index (χ2v) is 8.02. The fraction of sp³-hybridized carbons (Fsp3) is 1.00. The van der Waals surface area contributed by atoms with Gasteiger partial charge in [-0.05, 0) is 22.5 Å². The van der Waals surface area contributed by atoms with Crippen molar-refractivity contribution in [1.82, 2.24) is 0 Å². The van der Waals surface area contributed by atoms with Crippen LogP contribution in [0.15, 0.2) is 0 Å². The van der Waals surface area contributed by atoms with Crippen LogP contribution in [0.25, 0.3) is 0 Å². The van der Waals surface area contributed by atoms with Gasteiger partial charge in [-0.25, -0.2) is 0 Å². The molecule has 0 aromatic carbocycles. The molecule has 0 spiro atoms. The summed E-state index contributed by atoms with van der Waals surface area (Å²) in [7, 11) is 0.139. The molecule has 0 fully saturated rings. The molecule has 0 aromatic rings. The lowest BCUT2D eigenvalue weighted by Crippen LogP contribution is -2.13. The SMILES string of the molecule is CCC(SSSC)S(=O)(=O)O. The summed E-state index contributed by atoms with van der Waals surface area (Å²) in [6.07, 6.45) is 2.28. The van der Waals surface area contributed by atoms with Crippen molar-refractivity contribution in [1.29, 1.82) is 0 Å². The van der Waals surface area contributed by atoms with Gasteiger partial charge in [0.1, 0.15) is 4.58 Å². The predicted molar refractivity (Wildman–Crippen MR) is 54.3 cm³/mol. The second kappa shape index (κ2) is 5.58. The van der Waals surface area contributed by atoms with E-state index in [1.807, 2.05) is 6.26 Å². The Morgan fingerprint density at radius 1 is 1.55 bits per heavy atom. The molecule has 0 saturated heterocycles. The van der Waals surface area contributed by atoms with E-state index in [0.717, 1.165) is 0 Å². The van der Waals surface area contributed by atoms with Crippen molar-refractivity contribution in [3.05, 3.63) is 0 Å². The van der Waals surface area contributed by atoms with Crippen molar-refractivity contribution in [2.45, 2.75) is 17.9 Å². The fourth-order valence-corrected chi connectivity index (χ4v) is 5.69. The molecule has 0 aromatic heterocycles. The average molecular weight is 234 g/mol. The van der Waals surface area contributed by atoms with Gasteiger partial charge in [0.05, 0.1) is 0 Å². The smallest absolute Gasteiger partial charge is 0.278 e. The largest absolute Gasteiger partial charge is 0.285 e. The maximum atomic E-state index is 10.6. The van der Waals surface area contributed by atoms with Crippen LogP contribution in [0.4, 0.5) is 0 Å². The molecule has 0 heterocycles. The molecule has 7 heteroatoms. The monoisotopic (exact) mass is 234 g/mol. The van der Waals surface area contributed by atoms with Crippen molar-refractivity contribution in [3.63, 3.8) is 0 Å². The quantitative estimate of drug-likeness (QED) is 0.582. The van der Waals surface area contributed by atoms with E-state index in [4.69, 9.17) is 4.55 Å². The topological polar surface area (TPSA) is 54.4 Å². The highest BCUT2D eigenvalue weighted by atomic mass is 33.5. The summed E-state index contributed by atoms with van der Waals surface area (Å²) in [5, 5.41) is 0. The van der Waals surface area contributed by atoms with Gasteiger partial charge in [-0.3, -0.25) is 4.55 Å². The second-order valence-electron chi connectivity index (χ2n) is 1.68. The minimum atomic E-state index is -3.86. The summed E-state index contributed by atoms with van der Waals surface area (Å²) in [5.74, 6) is 0. The molecular weight excluding hydrogens is 224 g/mol. The van der Waals surface area contributed by atoms with E-state index in [0.29, 0.717) is 6.42 Å². The minimum absolute atomic E-state index is 0.428. The molecule has 1 atom stereocenters. The molecule has 3 nitrogen and oxygen atoms in total. The summed E-state index contributed by atoms with van der Waals surface area (Å²) < 4.78 is 29.1. The standard InChI is InChI=1S/C4H10O3S4/c1-3-4(9-10-8-2)11(5,6)7/h4H,3H2,1-2H3,(H,5,6,7). The first-order chi connectivity index (χ1) is 5.02. The molecule has 1 N–H and O–H groups in total. The number of rotatable bonds is 5. The molecule has 0 radical (unpaired) electrons. The van der Waals surface area contributed by atoms with Crippen LogP contribution in [0.1, 0.15) is 13.3 Å². The van der Waals surface area contributed by atoms with E-state index in [1.54, 1.807) is 6.92 Å². The van der Waals surface area contributed by atoms with Crippen molar-refractivity contribution in [3.8, 4) is 0 Å². The Morgan fingerprint density at radius 2 is 2.09 bits per heavy atom. The molecule has 0 aliphatic heterocycles. The van der Waals surface area contributed by atoms with Crippen LogP contribution in [0.3, 0.4) is 0 Å². The first-order valence-electron chi connectivity index (χ1n) is 2.84. The Labute approximate surface area is 78.6 Å². The maximum absolute atomic E-state index is 10.6. The summed E-state index contributed by atoms with van der Waals surface area (Å²) in [6, 6.07) is 0. The first kappa shape index (κ1) is 12.0. The van der Waals surface area contributed by atoms with Crippen LogP contribution in [0, 0.1) is 0 Å². The summed E-state index contributed by atoms with van der Waals surface area (Å²) in [5.41, 5.74) is 0. The van der Waals surface area contributed by atoms with Gasteiger partial charge in [0.2, 0.25) is 0 Å². The van der Waals surface area contributed by atoms with Crippen LogP contribution in [0.5, 0.6) is 0 Å². The van der Waals surface area contributed by atoms with E-state index < -0.39 is 14.7 Å². The van der Waals surface area contributed by atoms with Crippen molar-refractivity contribution >= 4 is 41.5 Å². The molecule has 0 aliphatic rings. The van der Waals surface area contributed by atoms with E-state index in [-0.39, 0.29) is 0 Å². The molecule has 0 aliphatic carbocycles. The Morgan fingerprint density at radius 3 is 2.36 bits per heavy atom. The zero-order chi connectivity index (χ0) is 8.91. The lowest BCUT2D eigenvalue weighted by molar-refractivity contribution is 0.479. The highest BCUT2D eigenvalue weighted by molar-refractivity contribution is 9.09. The maximum Gasteiger partial charge on any atom is 0.278 e. The normalized spacial score (nSPS) is 14.8. The van der Waals surface area contributed by atoms with Crippen LogP contribution in [-0.4, -0.2) is 23.8 Å².